The van der Waals surface area contributed by atoms with Gasteiger partial charge in [0.05, 0.1) is 22.4 Å². The summed E-state index contributed by atoms with van der Waals surface area (Å²) in [5.41, 5.74) is 0.139. The molecule has 0 radical (unpaired) electrons. The van der Waals surface area contributed by atoms with Gasteiger partial charge in [-0.25, -0.2) is 4.79 Å². The molecule has 5 heteroatoms. The Kier molecular flexibility index (Phi) is 3.58. The Morgan fingerprint density at radius 3 is 2.40 bits per heavy atom. The third-order valence-corrected chi connectivity index (χ3v) is 3.32. The van der Waals surface area contributed by atoms with Crippen molar-refractivity contribution in [2.24, 2.45) is 0 Å². The number of carbonyl (C=O) groups is 1. The summed E-state index contributed by atoms with van der Waals surface area (Å²) in [6.45, 7) is 1.56. The van der Waals surface area contributed by atoms with Crippen molar-refractivity contribution in [2.45, 2.75) is 17.1 Å². The van der Waals surface area contributed by atoms with Gasteiger partial charge in [-0.3, -0.25) is 4.21 Å². The van der Waals surface area contributed by atoms with Crippen molar-refractivity contribution in [2.75, 3.05) is 0 Å². The molecule has 78 valence electrons. The minimum Gasteiger partial charge on any atom is -0.478 e. The first-order valence-electron chi connectivity index (χ1n) is 4.20. The highest BCUT2D eigenvalue weighted by molar-refractivity contribution is 7.86. The molecule has 0 amide bonds. The van der Waals surface area contributed by atoms with Crippen molar-refractivity contribution in [3.63, 3.8) is 0 Å². The van der Waals surface area contributed by atoms with Crippen LogP contribution in [0, 0.1) is 11.3 Å². The van der Waals surface area contributed by atoms with E-state index >= 15 is 0 Å². The average molecular weight is 223 g/mol. The zero-order valence-corrected chi connectivity index (χ0v) is 8.82. The largest absolute Gasteiger partial charge is 0.478 e. The fourth-order valence-corrected chi connectivity index (χ4v) is 1.89. The number of hydrogen-bond acceptors (Lipinski definition) is 3. The minimum atomic E-state index is -1.40. The maximum Gasteiger partial charge on any atom is 0.335 e. The molecular formula is C10H9NO3S. The molecule has 0 aliphatic rings. The first-order chi connectivity index (χ1) is 7.06. The standard InChI is InChI=1S/C10H9NO3S/c1-7(6-11)15(14)9-4-2-8(3-5-9)10(12)13/h2-5,7H,1H3,(H,12,13). The molecule has 0 aliphatic carbocycles. The van der Waals surface area contributed by atoms with Crippen LogP contribution in [0.15, 0.2) is 29.2 Å². The summed E-state index contributed by atoms with van der Waals surface area (Å²) in [6.07, 6.45) is 0. The molecule has 1 rings (SSSR count). The van der Waals surface area contributed by atoms with Crippen LogP contribution in [0.2, 0.25) is 0 Å². The second-order valence-electron chi connectivity index (χ2n) is 2.90. The van der Waals surface area contributed by atoms with Crippen molar-refractivity contribution in [1.82, 2.24) is 0 Å². The zero-order chi connectivity index (χ0) is 11.4. The lowest BCUT2D eigenvalue weighted by Gasteiger charge is -2.03. The highest BCUT2D eigenvalue weighted by Gasteiger charge is 2.12. The smallest absolute Gasteiger partial charge is 0.335 e. The quantitative estimate of drug-likeness (QED) is 0.840. The van der Waals surface area contributed by atoms with Gasteiger partial charge in [0.25, 0.3) is 0 Å². The number of benzene rings is 1. The summed E-state index contributed by atoms with van der Waals surface area (Å²) >= 11 is 0. The van der Waals surface area contributed by atoms with Crippen molar-refractivity contribution >= 4 is 16.8 Å². The minimum absolute atomic E-state index is 0.139. The highest BCUT2D eigenvalue weighted by atomic mass is 32.2. The third-order valence-electron chi connectivity index (χ3n) is 1.84. The van der Waals surface area contributed by atoms with Crippen molar-refractivity contribution in [1.29, 1.82) is 5.26 Å². The monoisotopic (exact) mass is 223 g/mol. The van der Waals surface area contributed by atoms with E-state index in [1.54, 1.807) is 6.92 Å². The van der Waals surface area contributed by atoms with E-state index in [-0.39, 0.29) is 5.56 Å². The molecule has 0 aromatic heterocycles. The number of rotatable bonds is 3. The maximum absolute atomic E-state index is 11.6. The van der Waals surface area contributed by atoms with Crippen LogP contribution in [0.4, 0.5) is 0 Å². The lowest BCUT2D eigenvalue weighted by Crippen LogP contribution is -2.08. The van der Waals surface area contributed by atoms with E-state index in [4.69, 9.17) is 10.4 Å². The first-order valence-corrected chi connectivity index (χ1v) is 5.41. The summed E-state index contributed by atoms with van der Waals surface area (Å²) < 4.78 is 11.6. The van der Waals surface area contributed by atoms with E-state index in [0.29, 0.717) is 4.90 Å². The summed E-state index contributed by atoms with van der Waals surface area (Å²) in [4.78, 5) is 11.0. The van der Waals surface area contributed by atoms with E-state index in [1.807, 2.05) is 6.07 Å². The number of nitriles is 1. The number of nitrogens with zero attached hydrogens (tertiary/aromatic N) is 1. The lowest BCUT2D eigenvalue weighted by molar-refractivity contribution is 0.0697. The Hall–Kier alpha value is -1.67. The van der Waals surface area contributed by atoms with Crippen LogP contribution in [0.5, 0.6) is 0 Å². The molecule has 0 fully saturated rings. The summed E-state index contributed by atoms with van der Waals surface area (Å²) in [7, 11) is -1.40. The zero-order valence-electron chi connectivity index (χ0n) is 8.01. The Morgan fingerprint density at radius 2 is 2.00 bits per heavy atom. The first kappa shape index (κ1) is 11.4. The van der Waals surface area contributed by atoms with E-state index < -0.39 is 22.0 Å². The molecule has 15 heavy (non-hydrogen) atoms. The normalized spacial score (nSPS) is 13.9. The van der Waals surface area contributed by atoms with Crippen LogP contribution in [-0.4, -0.2) is 20.5 Å². The van der Waals surface area contributed by atoms with Crippen LogP contribution in [-0.2, 0) is 10.8 Å². The molecule has 1 aromatic carbocycles. The highest BCUT2D eigenvalue weighted by Crippen LogP contribution is 2.12. The van der Waals surface area contributed by atoms with Crippen molar-refractivity contribution in [3.8, 4) is 6.07 Å². The van der Waals surface area contributed by atoms with Gasteiger partial charge >= 0.3 is 5.97 Å². The maximum atomic E-state index is 11.6. The predicted molar refractivity (Wildman–Crippen MR) is 54.9 cm³/mol. The van der Waals surface area contributed by atoms with Gasteiger partial charge in [0.1, 0.15) is 5.25 Å². The topological polar surface area (TPSA) is 78.2 Å². The van der Waals surface area contributed by atoms with Crippen LogP contribution in [0.3, 0.4) is 0 Å². The Bertz CT molecular complexity index is 433. The molecule has 1 aromatic rings. The number of carboxylic acid groups (broad SMARTS) is 1. The molecule has 2 unspecified atom stereocenters. The summed E-state index contributed by atoms with van der Waals surface area (Å²) in [5.74, 6) is -1.03. The second-order valence-corrected chi connectivity index (χ2v) is 4.67. The van der Waals surface area contributed by atoms with E-state index in [9.17, 15) is 9.00 Å². The SMILES string of the molecule is CC(C#N)S(=O)c1ccc(C(=O)O)cc1. The summed E-state index contributed by atoms with van der Waals surface area (Å²) in [6, 6.07) is 7.56. The molecule has 0 bridgehead atoms. The lowest BCUT2D eigenvalue weighted by atomic mass is 10.2. The van der Waals surface area contributed by atoms with Crippen LogP contribution in [0.1, 0.15) is 17.3 Å². The van der Waals surface area contributed by atoms with Crippen LogP contribution in [0.25, 0.3) is 0 Å². The molecule has 0 heterocycles. The van der Waals surface area contributed by atoms with Gasteiger partial charge in [-0.2, -0.15) is 5.26 Å². The van der Waals surface area contributed by atoms with Gasteiger partial charge in [-0.1, -0.05) is 0 Å². The molecule has 1 N–H and O–H groups in total. The van der Waals surface area contributed by atoms with Gasteiger partial charge in [-0.05, 0) is 31.2 Å². The predicted octanol–water partition coefficient (Wildman–Crippen LogP) is 1.40. The van der Waals surface area contributed by atoms with Gasteiger partial charge in [-0.15, -0.1) is 0 Å². The number of carboxylic acids is 1. The molecule has 2 atom stereocenters. The number of hydrogen-bond donors (Lipinski definition) is 1. The van der Waals surface area contributed by atoms with Crippen molar-refractivity contribution < 1.29 is 14.1 Å². The van der Waals surface area contributed by atoms with Gasteiger partial charge in [0, 0.05) is 4.90 Å². The average Bonchev–Trinajstić information content (AvgIpc) is 2.27. The molecule has 0 aliphatic heterocycles. The van der Waals surface area contributed by atoms with E-state index in [2.05, 4.69) is 0 Å². The van der Waals surface area contributed by atoms with Gasteiger partial charge in [0.15, 0.2) is 0 Å². The van der Waals surface area contributed by atoms with Crippen LogP contribution >= 0.6 is 0 Å². The molecule has 0 spiro atoms. The second kappa shape index (κ2) is 4.71. The third kappa shape index (κ3) is 2.64. The Labute approximate surface area is 89.6 Å². The van der Waals surface area contributed by atoms with Gasteiger partial charge in [0.2, 0.25) is 0 Å². The van der Waals surface area contributed by atoms with E-state index in [1.165, 1.54) is 24.3 Å². The Balaban J connectivity index is 2.95. The number of aromatic carboxylic acids is 1. The van der Waals surface area contributed by atoms with Crippen molar-refractivity contribution in [3.05, 3.63) is 29.8 Å². The van der Waals surface area contributed by atoms with Gasteiger partial charge < -0.3 is 5.11 Å². The Morgan fingerprint density at radius 1 is 1.47 bits per heavy atom. The van der Waals surface area contributed by atoms with Crippen LogP contribution < -0.4 is 0 Å². The van der Waals surface area contributed by atoms with E-state index in [0.717, 1.165) is 0 Å². The fraction of sp³-hybridized carbons (Fsp3) is 0.200. The molecule has 0 saturated heterocycles. The fourth-order valence-electron chi connectivity index (χ4n) is 0.984. The summed E-state index contributed by atoms with van der Waals surface area (Å²) in [5, 5.41) is 16.6. The molecule has 4 nitrogen and oxygen atoms in total. The molecule has 0 saturated carbocycles. The molecular weight excluding hydrogens is 214 g/mol.